The van der Waals surface area contributed by atoms with E-state index in [9.17, 15) is 34.7 Å². The van der Waals surface area contributed by atoms with Gasteiger partial charge < -0.3 is 68.2 Å². The largest absolute Gasteiger partial charge is 0.459 e. The summed E-state index contributed by atoms with van der Waals surface area (Å²) < 4.78 is 59.8. The van der Waals surface area contributed by atoms with Crippen molar-refractivity contribution in [1.82, 2.24) is 29.8 Å². The van der Waals surface area contributed by atoms with Crippen molar-refractivity contribution in [3.8, 4) is 11.3 Å². The molecule has 0 radical (unpaired) electrons. The number of carbonyl (C=O) groups is 1. The summed E-state index contributed by atoms with van der Waals surface area (Å²) in [6, 6.07) is 6.54. The lowest BCUT2D eigenvalue weighted by Crippen LogP contribution is -2.61. The second-order valence-electron chi connectivity index (χ2n) is 22.9. The molecule has 3 aliphatic heterocycles. The van der Waals surface area contributed by atoms with Crippen LogP contribution in [0.4, 0.5) is 4.39 Å². The molecule has 0 spiro atoms. The van der Waals surface area contributed by atoms with E-state index in [0.29, 0.717) is 43.8 Å². The Kier molecular flexibility index (Phi) is 21.0. The Morgan fingerprint density at radius 3 is 2.32 bits per heavy atom. The molecule has 0 aliphatic carbocycles. The number of ether oxygens (including phenoxy) is 6. The number of cyclic esters (lactones) is 1. The zero-order valence-electron chi connectivity index (χ0n) is 46.6. The topological polar surface area (TPSA) is 237 Å². The molecule has 19 nitrogen and oxygen atoms in total. The van der Waals surface area contributed by atoms with Crippen molar-refractivity contribution in [1.29, 1.82) is 0 Å². The molecule has 3 aliphatic rings. The number of halogens is 1. The van der Waals surface area contributed by atoms with Crippen LogP contribution >= 0.6 is 0 Å². The van der Waals surface area contributed by atoms with E-state index in [1.807, 2.05) is 62.0 Å². The quantitative estimate of drug-likeness (QED) is 0.108. The molecule has 20 heteroatoms. The van der Waals surface area contributed by atoms with Gasteiger partial charge in [-0.05, 0) is 113 Å². The third-order valence-electron chi connectivity index (χ3n) is 16.6. The maximum absolute atomic E-state index is 14.5. The lowest BCUT2D eigenvalue weighted by Gasteiger charge is -2.49. The number of aryl methyl sites for hydroxylation is 1. The van der Waals surface area contributed by atoms with Crippen LogP contribution in [0.5, 0.6) is 0 Å². The molecule has 0 unspecified atom stereocenters. The summed E-state index contributed by atoms with van der Waals surface area (Å²) in [5.74, 6) is -2.14. The molecule has 2 aromatic heterocycles. The normalized spacial score (nSPS) is 38.5. The van der Waals surface area contributed by atoms with Gasteiger partial charge in [0, 0.05) is 62.8 Å². The van der Waals surface area contributed by atoms with Crippen molar-refractivity contribution in [2.45, 2.75) is 217 Å². The Balaban J connectivity index is 1.21. The minimum atomic E-state index is -1.85. The first-order valence-electron chi connectivity index (χ1n) is 27.0. The van der Waals surface area contributed by atoms with Gasteiger partial charge in [-0.1, -0.05) is 50.3 Å². The average Bonchev–Trinajstić information content (AvgIpc) is 4.09. The number of aliphatic hydroxyl groups excluding tert-OH is 3. The van der Waals surface area contributed by atoms with Crippen LogP contribution in [-0.2, 0) is 46.1 Å². The molecule has 5 N–H and O–H groups in total. The number of rotatable bonds is 17. The molecule has 6 rings (SSSR count). The number of benzene rings is 1. The summed E-state index contributed by atoms with van der Waals surface area (Å²) in [7, 11) is 5.24. The molecule has 424 valence electrons. The number of likely N-dealkylation sites (N-methyl/N-ethyl adjacent to an activating group) is 2. The van der Waals surface area contributed by atoms with Gasteiger partial charge in [0.1, 0.15) is 36.7 Å². The van der Waals surface area contributed by atoms with Gasteiger partial charge in [-0.2, -0.15) is 0 Å². The molecule has 0 saturated carbocycles. The number of alkyl halides is 1. The summed E-state index contributed by atoms with van der Waals surface area (Å²) >= 11 is 0. The maximum Gasteiger partial charge on any atom is 0.311 e. The fourth-order valence-electron chi connectivity index (χ4n) is 11.7. The maximum atomic E-state index is 14.5. The first-order valence-corrected chi connectivity index (χ1v) is 27.0. The van der Waals surface area contributed by atoms with E-state index in [1.54, 1.807) is 65.5 Å². The molecule has 1 aromatic carbocycles. The molecular formula is C55H89FN6O13. The Morgan fingerprint density at radius 2 is 1.68 bits per heavy atom. The van der Waals surface area contributed by atoms with Gasteiger partial charge in [0.2, 0.25) is 0 Å². The van der Waals surface area contributed by atoms with Crippen LogP contribution in [0.2, 0.25) is 0 Å². The van der Waals surface area contributed by atoms with Gasteiger partial charge in [0.05, 0.1) is 59.5 Å². The summed E-state index contributed by atoms with van der Waals surface area (Å²) in [5.41, 5.74) is -1.82. The summed E-state index contributed by atoms with van der Waals surface area (Å²) in [4.78, 5) is 22.4. The average molecular weight is 1060 g/mol. The molecule has 3 aromatic rings. The van der Waals surface area contributed by atoms with Gasteiger partial charge >= 0.3 is 5.97 Å². The highest BCUT2D eigenvalue weighted by molar-refractivity contribution is 5.73. The van der Waals surface area contributed by atoms with Crippen molar-refractivity contribution in [2.75, 3.05) is 41.0 Å². The van der Waals surface area contributed by atoms with E-state index in [1.165, 1.54) is 20.4 Å². The fraction of sp³-hybridized carbons (Fsp3) is 0.782. The van der Waals surface area contributed by atoms with Crippen molar-refractivity contribution < 1.29 is 67.6 Å². The van der Waals surface area contributed by atoms with E-state index in [4.69, 9.17) is 32.8 Å². The smallest absolute Gasteiger partial charge is 0.311 e. The van der Waals surface area contributed by atoms with Crippen molar-refractivity contribution >= 4 is 5.97 Å². The first kappa shape index (κ1) is 60.7. The number of carbonyl (C=O) groups excluding carboxylic acids is 1. The summed E-state index contributed by atoms with van der Waals surface area (Å²) in [5, 5.41) is 68.5. The fourth-order valence-corrected chi connectivity index (χ4v) is 11.7. The van der Waals surface area contributed by atoms with Gasteiger partial charge in [-0.15, -0.1) is 5.10 Å². The minimum Gasteiger partial charge on any atom is -0.459 e. The third kappa shape index (κ3) is 14.6. The van der Waals surface area contributed by atoms with Crippen LogP contribution in [0.15, 0.2) is 47.5 Å². The highest BCUT2D eigenvalue weighted by Gasteiger charge is 2.53. The lowest BCUT2D eigenvalue weighted by atomic mass is 9.77. The van der Waals surface area contributed by atoms with Crippen LogP contribution in [0.3, 0.4) is 0 Å². The Hall–Kier alpha value is -3.51. The molecule has 5 heterocycles. The second-order valence-corrected chi connectivity index (χ2v) is 22.9. The van der Waals surface area contributed by atoms with Crippen LogP contribution < -0.4 is 0 Å². The number of esters is 1. The lowest BCUT2D eigenvalue weighted by molar-refractivity contribution is -0.318. The first-order chi connectivity index (χ1) is 35.3. The van der Waals surface area contributed by atoms with Crippen LogP contribution in [0, 0.1) is 17.8 Å². The molecule has 3 fully saturated rings. The van der Waals surface area contributed by atoms with Gasteiger partial charge in [0.15, 0.2) is 24.7 Å². The number of aliphatic hydroxyl groups is 5. The second kappa shape index (κ2) is 26.0. The van der Waals surface area contributed by atoms with E-state index in [-0.39, 0.29) is 31.3 Å². The molecular weight excluding hydrogens is 972 g/mol. The Bertz CT molecular complexity index is 2200. The van der Waals surface area contributed by atoms with E-state index in [2.05, 4.69) is 15.3 Å². The molecule has 75 heavy (non-hydrogen) atoms. The number of methoxy groups -OCH3 is 1. The highest BCUT2D eigenvalue weighted by atomic mass is 19.1. The molecule has 3 saturated heterocycles. The third-order valence-corrected chi connectivity index (χ3v) is 16.6. The number of nitrogens with zero attached hydrogens (tertiary/aromatic N) is 6. The summed E-state index contributed by atoms with van der Waals surface area (Å²) in [6.45, 7) is 17.8. The van der Waals surface area contributed by atoms with Crippen molar-refractivity contribution in [3.05, 3.63) is 54.3 Å². The molecule has 0 bridgehead atoms. The van der Waals surface area contributed by atoms with Crippen LogP contribution in [-0.4, -0.2) is 193 Å². The van der Waals surface area contributed by atoms with E-state index >= 15 is 0 Å². The number of hydrogen-bond acceptors (Lipinski definition) is 18. The number of hydrogen-bond donors (Lipinski definition) is 5. The summed E-state index contributed by atoms with van der Waals surface area (Å²) in [6.07, 6.45) is -1.87. The number of oxazole rings is 1. The molecule has 0 amide bonds. The highest BCUT2D eigenvalue weighted by Crippen LogP contribution is 2.40. The van der Waals surface area contributed by atoms with E-state index in [0.717, 1.165) is 24.0 Å². The Labute approximate surface area is 443 Å². The van der Waals surface area contributed by atoms with Gasteiger partial charge in [-0.25, -0.2) is 14.1 Å². The van der Waals surface area contributed by atoms with Crippen LogP contribution in [0.25, 0.3) is 11.3 Å². The van der Waals surface area contributed by atoms with Gasteiger partial charge in [0.25, 0.3) is 0 Å². The SMILES string of the molecule is CC[C@H]1OC(=O)[C@H](C)[C@@H](O[C@H]2C[C@@](C)(OC)[C@@H](O)[C@H](C)O2)[C@H](C)[C@@H](O[C@@H]2O[C@H](C)C[C@H](N(C)CCc3cn([C@H](CF)CCCc4ccc(-c5cnco5)cc4)nn3)[C@H]2O)[C@](C)(O)C[C@@H](C)CN(C)[C@H](C)[C@@H](O)[C@]1(C)O. The molecule has 19 atom stereocenters. The van der Waals surface area contributed by atoms with E-state index < -0.39 is 115 Å². The minimum absolute atomic E-state index is 0.0902. The van der Waals surface area contributed by atoms with Crippen LogP contribution in [0.1, 0.15) is 125 Å². The number of aromatic nitrogens is 4. The predicted octanol–water partition coefficient (Wildman–Crippen LogP) is 5.29. The monoisotopic (exact) mass is 1060 g/mol. The predicted molar refractivity (Wildman–Crippen MR) is 277 cm³/mol. The van der Waals surface area contributed by atoms with Gasteiger partial charge in [-0.3, -0.25) is 4.79 Å². The zero-order chi connectivity index (χ0) is 55.2. The van der Waals surface area contributed by atoms with Crippen molar-refractivity contribution in [2.24, 2.45) is 17.8 Å². The van der Waals surface area contributed by atoms with Crippen molar-refractivity contribution in [3.63, 3.8) is 0 Å². The Morgan fingerprint density at radius 1 is 0.973 bits per heavy atom. The zero-order valence-corrected chi connectivity index (χ0v) is 46.6. The standard InChI is InChI=1S/C55H89FN6O13/c1-14-44-55(10,68)48(64)36(6)61(12)29-32(2)25-53(8,67)50(34(4)47(35(5)51(66)73-44)74-45-26-54(9,69-13)49(65)37(7)72-45)75-52-46(63)42(24-33(3)71-52)60(11)23-22-40-30-62(59-58-40)41(27-56)17-15-16-38-18-20-39(21-19-38)43-28-57-31-70-43/h18-21,28,30-37,41-42,44-50,52,63-65,67-68H,14-17,22-27,29H2,1-13H3/t32-,33-,34+,35-,36-,37+,41+,42+,44-,45+,46-,47+,48-,49+,50-,52+,53-,54-,55-/m1/s1.